The molecule has 3 amide bonds. The number of nitrogens with zero attached hydrogens (tertiary/aromatic N) is 4. The van der Waals surface area contributed by atoms with Crippen molar-refractivity contribution in [3.05, 3.63) is 52.5 Å². The topological polar surface area (TPSA) is 153 Å². The molecule has 1 unspecified atom stereocenters. The Hall–Kier alpha value is -3.80. The molecule has 11 nitrogen and oxygen atoms in total. The average molecular weight is 580 g/mol. The SMILES string of the molecule is N=C(N)N1CCCC(C[C@@H](NC(=O)[C@@H]2CC[C@H]3CN(C(=O)CCc4ccccc4)CC(=O)N32)C(=O)c2nccs2)C1. The second-order valence-corrected chi connectivity index (χ2v) is 12.0. The molecule has 0 saturated carbocycles. The van der Waals surface area contributed by atoms with Crippen molar-refractivity contribution >= 4 is 40.8 Å². The Balaban J connectivity index is 1.22. The fourth-order valence-corrected chi connectivity index (χ4v) is 6.94. The summed E-state index contributed by atoms with van der Waals surface area (Å²) in [5.74, 6) is -0.808. The third kappa shape index (κ3) is 6.75. The molecule has 4 N–H and O–H groups in total. The molecule has 0 radical (unpaired) electrons. The molecule has 41 heavy (non-hydrogen) atoms. The molecule has 1 aromatic heterocycles. The van der Waals surface area contributed by atoms with E-state index >= 15 is 0 Å². The molecule has 0 spiro atoms. The lowest BCUT2D eigenvalue weighted by atomic mass is 9.89. The highest BCUT2D eigenvalue weighted by molar-refractivity contribution is 7.11. The van der Waals surface area contributed by atoms with Gasteiger partial charge >= 0.3 is 0 Å². The van der Waals surface area contributed by atoms with Crippen LogP contribution >= 0.6 is 11.3 Å². The van der Waals surface area contributed by atoms with Crippen LogP contribution in [0.3, 0.4) is 0 Å². The van der Waals surface area contributed by atoms with Crippen LogP contribution in [-0.4, -0.2) is 93.5 Å². The highest BCUT2D eigenvalue weighted by Gasteiger charge is 2.46. The fourth-order valence-electron chi connectivity index (χ4n) is 6.31. The zero-order valence-corrected chi connectivity index (χ0v) is 23.9. The van der Waals surface area contributed by atoms with E-state index in [2.05, 4.69) is 10.3 Å². The van der Waals surface area contributed by atoms with Crippen LogP contribution < -0.4 is 11.1 Å². The summed E-state index contributed by atoms with van der Waals surface area (Å²) in [7, 11) is 0. The Morgan fingerprint density at radius 2 is 1.93 bits per heavy atom. The van der Waals surface area contributed by atoms with Crippen molar-refractivity contribution in [3.63, 3.8) is 0 Å². The number of ketones is 1. The second kappa shape index (κ2) is 12.8. The number of carbonyl (C=O) groups is 4. The van der Waals surface area contributed by atoms with Gasteiger partial charge in [0.25, 0.3) is 0 Å². The Kier molecular flexibility index (Phi) is 8.96. The number of amides is 3. The predicted octanol–water partition coefficient (Wildman–Crippen LogP) is 1.64. The summed E-state index contributed by atoms with van der Waals surface area (Å²) in [5.41, 5.74) is 6.79. The van der Waals surface area contributed by atoms with Crippen LogP contribution in [0.4, 0.5) is 0 Å². The zero-order valence-electron chi connectivity index (χ0n) is 23.0. The van der Waals surface area contributed by atoms with Crippen LogP contribution in [0.5, 0.6) is 0 Å². The standard InChI is InChI=1S/C29H37N7O4S/c30-29(31)34-13-4-7-20(16-34)15-22(26(39)28-32-12-14-41-28)33-27(40)23-10-9-21-17-35(18-25(38)36(21)23)24(37)11-8-19-5-2-1-3-6-19/h1-3,5-6,12,14,20-23H,4,7-11,13,15-18H2,(H3,30,31)(H,33,40)/t20?,21-,22+,23-/m0/s1. The van der Waals surface area contributed by atoms with Gasteiger partial charge in [0, 0.05) is 37.6 Å². The van der Waals surface area contributed by atoms with E-state index in [-0.39, 0.29) is 48.0 Å². The minimum absolute atomic E-state index is 0.00901. The minimum atomic E-state index is -0.791. The van der Waals surface area contributed by atoms with E-state index in [0.717, 1.165) is 18.4 Å². The summed E-state index contributed by atoms with van der Waals surface area (Å²) in [6.45, 7) is 1.62. The number of fused-ring (bicyclic) bond motifs is 1. The first-order valence-corrected chi connectivity index (χ1v) is 15.1. The molecule has 0 bridgehead atoms. The van der Waals surface area contributed by atoms with Gasteiger partial charge < -0.3 is 25.8 Å². The first kappa shape index (κ1) is 28.7. The Morgan fingerprint density at radius 1 is 1.12 bits per heavy atom. The first-order chi connectivity index (χ1) is 19.8. The van der Waals surface area contributed by atoms with Crippen molar-refractivity contribution in [2.24, 2.45) is 11.7 Å². The molecular weight excluding hydrogens is 542 g/mol. The van der Waals surface area contributed by atoms with Crippen LogP contribution in [0.15, 0.2) is 41.9 Å². The first-order valence-electron chi connectivity index (χ1n) is 14.3. The predicted molar refractivity (Wildman–Crippen MR) is 154 cm³/mol. The Bertz CT molecular complexity index is 1270. The monoisotopic (exact) mass is 579 g/mol. The number of guanidine groups is 1. The van der Waals surface area contributed by atoms with Crippen molar-refractivity contribution in [1.82, 2.24) is 25.0 Å². The number of nitrogens with two attached hydrogens (primary N) is 1. The Labute approximate surface area is 243 Å². The van der Waals surface area contributed by atoms with Gasteiger partial charge in [-0.05, 0) is 50.0 Å². The molecule has 3 fully saturated rings. The van der Waals surface area contributed by atoms with Gasteiger partial charge in [0.15, 0.2) is 11.0 Å². The van der Waals surface area contributed by atoms with Gasteiger partial charge in [-0.2, -0.15) is 0 Å². The maximum Gasteiger partial charge on any atom is 0.243 e. The lowest BCUT2D eigenvalue weighted by Gasteiger charge is -2.39. The summed E-state index contributed by atoms with van der Waals surface area (Å²) >= 11 is 1.23. The molecule has 3 aliphatic heterocycles. The van der Waals surface area contributed by atoms with E-state index in [1.165, 1.54) is 11.3 Å². The number of aryl methyl sites for hydroxylation is 1. The molecular formula is C29H37N7O4S. The summed E-state index contributed by atoms with van der Waals surface area (Å²) in [6, 6.07) is 8.09. The van der Waals surface area contributed by atoms with Gasteiger partial charge in [-0.3, -0.25) is 24.6 Å². The number of nitrogens with one attached hydrogen (secondary N) is 2. The van der Waals surface area contributed by atoms with Crippen LogP contribution in [0, 0.1) is 11.3 Å². The molecule has 4 heterocycles. The lowest BCUT2D eigenvalue weighted by molar-refractivity contribution is -0.151. The average Bonchev–Trinajstić information content (AvgIpc) is 3.67. The van der Waals surface area contributed by atoms with E-state index in [0.29, 0.717) is 56.7 Å². The molecule has 12 heteroatoms. The normalized spacial score (nSPS) is 23.2. The van der Waals surface area contributed by atoms with E-state index in [4.69, 9.17) is 11.1 Å². The van der Waals surface area contributed by atoms with Crippen LogP contribution in [0.25, 0.3) is 0 Å². The number of aromatic nitrogens is 1. The third-order valence-electron chi connectivity index (χ3n) is 8.38. The molecule has 0 aliphatic carbocycles. The highest BCUT2D eigenvalue weighted by atomic mass is 32.1. The number of piperazine rings is 1. The van der Waals surface area contributed by atoms with Crippen molar-refractivity contribution in [3.8, 4) is 0 Å². The van der Waals surface area contributed by atoms with E-state index in [1.54, 1.807) is 26.3 Å². The number of likely N-dealkylation sites (tertiary alicyclic amines) is 1. The van der Waals surface area contributed by atoms with Gasteiger partial charge in [-0.15, -0.1) is 11.3 Å². The van der Waals surface area contributed by atoms with E-state index in [9.17, 15) is 19.2 Å². The molecule has 4 atom stereocenters. The van der Waals surface area contributed by atoms with Crippen molar-refractivity contribution in [2.45, 2.75) is 63.1 Å². The maximum absolute atomic E-state index is 13.6. The number of Topliss-reactive ketones (excluding diaryl/α,β-unsaturated/α-hetero) is 1. The fraction of sp³-hybridized carbons (Fsp3) is 0.517. The number of thiazole rings is 1. The molecule has 2 aromatic rings. The van der Waals surface area contributed by atoms with Gasteiger partial charge in [-0.1, -0.05) is 30.3 Å². The number of piperidine rings is 1. The van der Waals surface area contributed by atoms with Gasteiger partial charge in [0.2, 0.25) is 23.5 Å². The third-order valence-corrected chi connectivity index (χ3v) is 9.17. The smallest absolute Gasteiger partial charge is 0.243 e. The molecule has 3 aliphatic rings. The quantitative estimate of drug-likeness (QED) is 0.232. The van der Waals surface area contributed by atoms with Crippen molar-refractivity contribution in [2.75, 3.05) is 26.2 Å². The lowest BCUT2D eigenvalue weighted by Crippen LogP contribution is -2.60. The number of rotatable bonds is 9. The van der Waals surface area contributed by atoms with Gasteiger partial charge in [-0.25, -0.2) is 4.98 Å². The number of benzene rings is 1. The summed E-state index contributed by atoms with van der Waals surface area (Å²) in [5, 5.41) is 12.8. The van der Waals surface area contributed by atoms with E-state index in [1.807, 2.05) is 30.3 Å². The summed E-state index contributed by atoms with van der Waals surface area (Å²) < 4.78 is 0. The number of hydrogen-bond acceptors (Lipinski definition) is 7. The summed E-state index contributed by atoms with van der Waals surface area (Å²) in [6.07, 6.45) is 5.73. The minimum Gasteiger partial charge on any atom is -0.370 e. The molecule has 5 rings (SSSR count). The van der Waals surface area contributed by atoms with Crippen LogP contribution in [0.1, 0.15) is 53.9 Å². The van der Waals surface area contributed by atoms with Gasteiger partial charge in [0.05, 0.1) is 18.6 Å². The second-order valence-electron chi connectivity index (χ2n) is 11.1. The van der Waals surface area contributed by atoms with E-state index < -0.39 is 12.1 Å². The number of hydrogen-bond donors (Lipinski definition) is 3. The molecule has 1 aromatic carbocycles. The molecule has 218 valence electrons. The highest BCUT2D eigenvalue weighted by Crippen LogP contribution is 2.30. The van der Waals surface area contributed by atoms with Crippen molar-refractivity contribution in [1.29, 1.82) is 5.41 Å². The molecule has 3 saturated heterocycles. The van der Waals surface area contributed by atoms with Crippen LogP contribution in [-0.2, 0) is 20.8 Å². The van der Waals surface area contributed by atoms with Crippen LogP contribution in [0.2, 0.25) is 0 Å². The summed E-state index contributed by atoms with van der Waals surface area (Å²) in [4.78, 5) is 62.4. The zero-order chi connectivity index (χ0) is 28.9. The number of carbonyl (C=O) groups excluding carboxylic acids is 4. The van der Waals surface area contributed by atoms with Gasteiger partial charge in [0.1, 0.15) is 6.04 Å². The Morgan fingerprint density at radius 3 is 2.66 bits per heavy atom. The van der Waals surface area contributed by atoms with Crippen molar-refractivity contribution < 1.29 is 19.2 Å². The maximum atomic E-state index is 13.6. The largest absolute Gasteiger partial charge is 0.370 e.